The van der Waals surface area contributed by atoms with Crippen LogP contribution in [0.4, 0.5) is 18.9 Å². The van der Waals surface area contributed by atoms with E-state index in [0.29, 0.717) is 5.75 Å². The molecule has 0 radical (unpaired) electrons. The lowest BCUT2D eigenvalue weighted by molar-refractivity contribution is -0.302. The molecule has 132 valence electrons. The molecular formula is C15H18F3N3O3. The van der Waals surface area contributed by atoms with Crippen LogP contribution in [0.1, 0.15) is 13.3 Å². The summed E-state index contributed by atoms with van der Waals surface area (Å²) >= 11 is 0. The second-order valence-electron chi connectivity index (χ2n) is 5.71. The maximum Gasteiger partial charge on any atom is 0.438 e. The SMILES string of the molecule is CC1=NN(C(=O)COc2ccc(N(C)C)cc2)[C@](O)(C(F)(F)F)C1. The Kier molecular flexibility index (Phi) is 4.75. The molecule has 0 bridgehead atoms. The van der Waals surface area contributed by atoms with Crippen molar-refractivity contribution in [2.75, 3.05) is 25.6 Å². The first-order valence-corrected chi connectivity index (χ1v) is 7.11. The van der Waals surface area contributed by atoms with Gasteiger partial charge in [0.1, 0.15) is 5.75 Å². The molecule has 9 heteroatoms. The number of aliphatic hydroxyl groups is 1. The van der Waals surface area contributed by atoms with Gasteiger partial charge in [-0.2, -0.15) is 23.3 Å². The Morgan fingerprint density at radius 1 is 1.38 bits per heavy atom. The zero-order valence-corrected chi connectivity index (χ0v) is 13.5. The van der Waals surface area contributed by atoms with Crippen molar-refractivity contribution in [1.29, 1.82) is 0 Å². The Bertz CT molecular complexity index is 644. The Labute approximate surface area is 137 Å². The molecule has 0 aliphatic carbocycles. The molecule has 1 N–H and O–H groups in total. The fraction of sp³-hybridized carbons (Fsp3) is 0.467. The van der Waals surface area contributed by atoms with Gasteiger partial charge in [-0.15, -0.1) is 0 Å². The predicted molar refractivity (Wildman–Crippen MR) is 81.8 cm³/mol. The van der Waals surface area contributed by atoms with Gasteiger partial charge in [0.15, 0.2) is 6.61 Å². The van der Waals surface area contributed by atoms with Crippen LogP contribution < -0.4 is 9.64 Å². The van der Waals surface area contributed by atoms with Crippen molar-refractivity contribution in [2.24, 2.45) is 5.10 Å². The lowest BCUT2D eigenvalue weighted by Gasteiger charge is -2.32. The van der Waals surface area contributed by atoms with Gasteiger partial charge in [-0.3, -0.25) is 4.79 Å². The molecular weight excluding hydrogens is 327 g/mol. The van der Waals surface area contributed by atoms with Crippen LogP contribution >= 0.6 is 0 Å². The zero-order valence-electron chi connectivity index (χ0n) is 13.5. The van der Waals surface area contributed by atoms with Crippen LogP contribution in [0.5, 0.6) is 5.75 Å². The summed E-state index contributed by atoms with van der Waals surface area (Å²) in [5.74, 6) is -0.757. The summed E-state index contributed by atoms with van der Waals surface area (Å²) in [5, 5.41) is 13.4. The molecule has 0 saturated carbocycles. The predicted octanol–water partition coefficient (Wildman–Crippen LogP) is 1.99. The minimum atomic E-state index is -5.02. The third-order valence-corrected chi connectivity index (χ3v) is 3.53. The number of rotatable bonds is 4. The molecule has 2 rings (SSSR count). The van der Waals surface area contributed by atoms with Crippen molar-refractivity contribution in [1.82, 2.24) is 5.01 Å². The second-order valence-corrected chi connectivity index (χ2v) is 5.71. The minimum absolute atomic E-state index is 0.0125. The minimum Gasteiger partial charge on any atom is -0.484 e. The number of amides is 1. The summed E-state index contributed by atoms with van der Waals surface area (Å²) in [6.07, 6.45) is -5.79. The van der Waals surface area contributed by atoms with Crippen molar-refractivity contribution in [2.45, 2.75) is 25.2 Å². The molecule has 24 heavy (non-hydrogen) atoms. The van der Waals surface area contributed by atoms with E-state index in [1.807, 2.05) is 19.0 Å². The molecule has 1 aliphatic heterocycles. The number of hydrogen-bond acceptors (Lipinski definition) is 5. The number of benzene rings is 1. The van der Waals surface area contributed by atoms with Crippen molar-refractivity contribution >= 4 is 17.3 Å². The summed E-state index contributed by atoms with van der Waals surface area (Å²) in [7, 11) is 3.70. The first kappa shape index (κ1) is 18.1. The molecule has 1 amide bonds. The third-order valence-electron chi connectivity index (χ3n) is 3.53. The zero-order chi connectivity index (χ0) is 18.1. The van der Waals surface area contributed by atoms with E-state index in [1.165, 1.54) is 6.92 Å². The molecule has 0 unspecified atom stereocenters. The Morgan fingerprint density at radius 2 is 1.96 bits per heavy atom. The molecule has 0 saturated heterocycles. The molecule has 0 spiro atoms. The largest absolute Gasteiger partial charge is 0.484 e. The number of hydrazone groups is 1. The smallest absolute Gasteiger partial charge is 0.438 e. The quantitative estimate of drug-likeness (QED) is 0.906. The number of nitrogens with zero attached hydrogens (tertiary/aromatic N) is 3. The molecule has 1 aromatic rings. The van der Waals surface area contributed by atoms with Gasteiger partial charge in [-0.1, -0.05) is 0 Å². The van der Waals surface area contributed by atoms with Gasteiger partial charge in [0, 0.05) is 31.9 Å². The fourth-order valence-electron chi connectivity index (χ4n) is 2.25. The van der Waals surface area contributed by atoms with E-state index in [9.17, 15) is 23.1 Å². The standard InChI is InChI=1S/C15H18F3N3O3/c1-10-8-14(23,15(16,17)18)21(19-10)13(22)9-24-12-6-4-11(5-7-12)20(2)3/h4-7,23H,8-9H2,1-3H3/t14-/m1/s1. The average molecular weight is 345 g/mol. The van der Waals surface area contributed by atoms with Gasteiger partial charge in [0.25, 0.3) is 11.6 Å². The van der Waals surface area contributed by atoms with Crippen molar-refractivity contribution in [3.63, 3.8) is 0 Å². The molecule has 1 heterocycles. The van der Waals surface area contributed by atoms with E-state index in [4.69, 9.17) is 4.74 Å². The van der Waals surface area contributed by atoms with E-state index >= 15 is 0 Å². The summed E-state index contributed by atoms with van der Waals surface area (Å²) in [5.41, 5.74) is -2.41. The molecule has 0 aromatic heterocycles. The van der Waals surface area contributed by atoms with Crippen LogP contribution in [-0.4, -0.2) is 54.3 Å². The average Bonchev–Trinajstić information content (AvgIpc) is 2.81. The highest BCUT2D eigenvalue weighted by atomic mass is 19.4. The van der Waals surface area contributed by atoms with Gasteiger partial charge in [0.2, 0.25) is 0 Å². The number of hydrogen-bond donors (Lipinski definition) is 1. The van der Waals surface area contributed by atoms with Crippen molar-refractivity contribution < 1.29 is 27.8 Å². The number of anilines is 1. The Hall–Kier alpha value is -2.29. The van der Waals surface area contributed by atoms with Gasteiger partial charge < -0.3 is 14.7 Å². The maximum absolute atomic E-state index is 13.0. The molecule has 1 aliphatic rings. The fourth-order valence-corrected chi connectivity index (χ4v) is 2.25. The van der Waals surface area contributed by atoms with E-state index in [-0.39, 0.29) is 10.7 Å². The maximum atomic E-state index is 13.0. The van der Waals surface area contributed by atoms with Gasteiger partial charge >= 0.3 is 6.18 Å². The van der Waals surface area contributed by atoms with Crippen LogP contribution in [0.25, 0.3) is 0 Å². The van der Waals surface area contributed by atoms with Crippen LogP contribution in [-0.2, 0) is 4.79 Å². The summed E-state index contributed by atoms with van der Waals surface area (Å²) in [6.45, 7) is 0.640. The lowest BCUT2D eigenvalue weighted by Crippen LogP contribution is -2.57. The topological polar surface area (TPSA) is 65.4 Å². The van der Waals surface area contributed by atoms with E-state index in [0.717, 1.165) is 5.69 Å². The highest BCUT2D eigenvalue weighted by Gasteiger charge is 2.62. The molecule has 6 nitrogen and oxygen atoms in total. The van der Waals surface area contributed by atoms with E-state index in [2.05, 4.69) is 5.10 Å². The van der Waals surface area contributed by atoms with E-state index < -0.39 is 30.8 Å². The Balaban J connectivity index is 2.06. The highest BCUT2D eigenvalue weighted by Crippen LogP contribution is 2.40. The second kappa shape index (κ2) is 6.31. The third kappa shape index (κ3) is 3.45. The molecule has 1 atom stereocenters. The number of carbonyl (C=O) groups is 1. The van der Waals surface area contributed by atoms with Crippen LogP contribution in [0.2, 0.25) is 0 Å². The van der Waals surface area contributed by atoms with Gasteiger partial charge in [-0.05, 0) is 31.2 Å². The summed E-state index contributed by atoms with van der Waals surface area (Å²) in [6, 6.07) is 6.67. The number of ether oxygens (including phenoxy) is 1. The number of halogens is 3. The highest BCUT2D eigenvalue weighted by molar-refractivity contribution is 5.89. The summed E-state index contributed by atoms with van der Waals surface area (Å²) < 4.78 is 44.3. The first-order chi connectivity index (χ1) is 11.0. The van der Waals surface area contributed by atoms with Crippen LogP contribution in [0.15, 0.2) is 29.4 Å². The molecule has 1 aromatic carbocycles. The van der Waals surface area contributed by atoms with Gasteiger partial charge in [0.05, 0.1) is 0 Å². The number of alkyl halides is 3. The normalized spacial score (nSPS) is 20.8. The molecule has 0 fully saturated rings. The summed E-state index contributed by atoms with van der Waals surface area (Å²) in [4.78, 5) is 13.9. The number of carbonyl (C=O) groups excluding carboxylic acids is 1. The Morgan fingerprint density at radius 3 is 2.46 bits per heavy atom. The van der Waals surface area contributed by atoms with Crippen molar-refractivity contribution in [3.05, 3.63) is 24.3 Å². The van der Waals surface area contributed by atoms with E-state index in [1.54, 1.807) is 24.3 Å². The van der Waals surface area contributed by atoms with Crippen LogP contribution in [0, 0.1) is 0 Å². The van der Waals surface area contributed by atoms with Gasteiger partial charge in [-0.25, -0.2) is 0 Å². The lowest BCUT2D eigenvalue weighted by atomic mass is 10.1. The monoisotopic (exact) mass is 345 g/mol. The van der Waals surface area contributed by atoms with Crippen molar-refractivity contribution in [3.8, 4) is 5.75 Å². The first-order valence-electron chi connectivity index (χ1n) is 7.11. The van der Waals surface area contributed by atoms with Crippen LogP contribution in [0.3, 0.4) is 0 Å².